The Bertz CT molecular complexity index is 418. The molecule has 1 heterocycles. The Labute approximate surface area is 129 Å². The van der Waals surface area contributed by atoms with Crippen molar-refractivity contribution < 1.29 is 4.74 Å². The van der Waals surface area contributed by atoms with Gasteiger partial charge in [0.15, 0.2) is 0 Å². The maximum Gasteiger partial charge on any atom is 0.138 e. The lowest BCUT2D eigenvalue weighted by Crippen LogP contribution is -2.28. The van der Waals surface area contributed by atoms with E-state index in [2.05, 4.69) is 50.1 Å². The molecule has 1 aliphatic rings. The minimum Gasteiger partial charge on any atom is -0.489 e. The summed E-state index contributed by atoms with van der Waals surface area (Å²) in [6, 6.07) is 4.45. The van der Waals surface area contributed by atoms with Gasteiger partial charge in [0.1, 0.15) is 5.75 Å². The maximum atomic E-state index is 6.11. The molecule has 0 aliphatic heterocycles. The van der Waals surface area contributed by atoms with Crippen molar-refractivity contribution >= 4 is 0 Å². The van der Waals surface area contributed by atoms with Crippen molar-refractivity contribution in [2.75, 3.05) is 6.54 Å². The molecule has 4 unspecified atom stereocenters. The number of ether oxygens (including phenoxy) is 1. The highest BCUT2D eigenvalue weighted by molar-refractivity contribution is 5.21. The molecule has 21 heavy (non-hydrogen) atoms. The Hall–Kier alpha value is -1.09. The van der Waals surface area contributed by atoms with Crippen LogP contribution in [0.15, 0.2) is 18.3 Å². The van der Waals surface area contributed by atoms with Gasteiger partial charge < -0.3 is 10.1 Å². The first-order valence-corrected chi connectivity index (χ1v) is 8.46. The van der Waals surface area contributed by atoms with Gasteiger partial charge in [-0.2, -0.15) is 0 Å². The summed E-state index contributed by atoms with van der Waals surface area (Å²) in [5, 5.41) is 3.46. The van der Waals surface area contributed by atoms with E-state index in [1.807, 2.05) is 6.20 Å². The molecule has 3 heteroatoms. The third-order valence-corrected chi connectivity index (χ3v) is 4.76. The van der Waals surface area contributed by atoms with Crippen LogP contribution in [0.25, 0.3) is 0 Å². The summed E-state index contributed by atoms with van der Waals surface area (Å²) in [6.07, 6.45) is 6.99. The Morgan fingerprint density at radius 2 is 2.10 bits per heavy atom. The second-order valence-corrected chi connectivity index (χ2v) is 6.60. The van der Waals surface area contributed by atoms with E-state index in [4.69, 9.17) is 4.74 Å². The average molecular weight is 290 g/mol. The van der Waals surface area contributed by atoms with Gasteiger partial charge in [-0.3, -0.25) is 4.98 Å². The minimum absolute atomic E-state index is 0.301. The van der Waals surface area contributed by atoms with Crippen LogP contribution in [0.5, 0.6) is 5.75 Å². The second kappa shape index (κ2) is 7.79. The van der Waals surface area contributed by atoms with E-state index < -0.39 is 0 Å². The van der Waals surface area contributed by atoms with Crippen LogP contribution in [0.3, 0.4) is 0 Å². The van der Waals surface area contributed by atoms with Crippen molar-refractivity contribution in [1.82, 2.24) is 10.3 Å². The van der Waals surface area contributed by atoms with Gasteiger partial charge in [-0.25, -0.2) is 0 Å². The first-order valence-electron chi connectivity index (χ1n) is 8.46. The number of pyridine rings is 1. The molecule has 0 bridgehead atoms. The molecule has 1 fully saturated rings. The summed E-state index contributed by atoms with van der Waals surface area (Å²) in [6.45, 7) is 10.0. The van der Waals surface area contributed by atoms with Crippen LogP contribution >= 0.6 is 0 Å². The summed E-state index contributed by atoms with van der Waals surface area (Å²) in [7, 11) is 0. The third kappa shape index (κ3) is 4.70. The minimum atomic E-state index is 0.301. The molecule has 2 rings (SSSR count). The lowest BCUT2D eigenvalue weighted by molar-refractivity contribution is 0.100. The fraction of sp³-hybridized carbons (Fsp3) is 0.722. The molecule has 4 atom stereocenters. The van der Waals surface area contributed by atoms with Crippen molar-refractivity contribution in [3.05, 3.63) is 24.0 Å². The highest BCUT2D eigenvalue weighted by Crippen LogP contribution is 2.31. The summed E-state index contributed by atoms with van der Waals surface area (Å²) in [5.74, 6) is 2.50. The number of hydrogen-bond acceptors (Lipinski definition) is 3. The van der Waals surface area contributed by atoms with E-state index in [9.17, 15) is 0 Å². The zero-order valence-electron chi connectivity index (χ0n) is 13.9. The number of nitrogens with zero attached hydrogens (tertiary/aromatic N) is 1. The van der Waals surface area contributed by atoms with Crippen LogP contribution in [0.4, 0.5) is 0 Å². The van der Waals surface area contributed by atoms with Gasteiger partial charge in [-0.05, 0) is 63.1 Å². The van der Waals surface area contributed by atoms with Gasteiger partial charge in [-0.1, -0.05) is 20.8 Å². The number of nitrogens with one attached hydrogen (secondary N) is 1. The molecule has 1 aliphatic carbocycles. The SMILES string of the molecule is CCCNC(C)c1ccc(OC2CCC(C)C(C)C2)cn1. The van der Waals surface area contributed by atoms with E-state index >= 15 is 0 Å². The van der Waals surface area contributed by atoms with Crippen LogP contribution in [-0.4, -0.2) is 17.6 Å². The molecule has 118 valence electrons. The van der Waals surface area contributed by atoms with Crippen LogP contribution in [0, 0.1) is 11.8 Å². The smallest absolute Gasteiger partial charge is 0.138 e. The van der Waals surface area contributed by atoms with Crippen molar-refractivity contribution in [2.24, 2.45) is 11.8 Å². The van der Waals surface area contributed by atoms with Gasteiger partial charge in [0.25, 0.3) is 0 Å². The molecule has 0 saturated heterocycles. The molecular weight excluding hydrogens is 260 g/mol. The molecule has 1 saturated carbocycles. The zero-order valence-corrected chi connectivity index (χ0v) is 13.9. The van der Waals surface area contributed by atoms with Gasteiger partial charge in [0, 0.05) is 6.04 Å². The summed E-state index contributed by atoms with van der Waals surface area (Å²) >= 11 is 0. The highest BCUT2D eigenvalue weighted by Gasteiger charge is 2.25. The predicted molar refractivity (Wildman–Crippen MR) is 87.5 cm³/mol. The lowest BCUT2D eigenvalue weighted by atomic mass is 9.80. The van der Waals surface area contributed by atoms with Gasteiger partial charge in [0.05, 0.1) is 18.0 Å². The normalized spacial score (nSPS) is 27.3. The van der Waals surface area contributed by atoms with Crippen LogP contribution in [-0.2, 0) is 0 Å². The molecule has 1 aromatic heterocycles. The Kier molecular flexibility index (Phi) is 6.04. The van der Waals surface area contributed by atoms with Gasteiger partial charge in [0.2, 0.25) is 0 Å². The predicted octanol–water partition coefficient (Wildman–Crippen LogP) is 4.35. The van der Waals surface area contributed by atoms with Crippen molar-refractivity contribution in [2.45, 2.75) is 65.5 Å². The largest absolute Gasteiger partial charge is 0.489 e. The standard InChI is InChI=1S/C18H30N2O/c1-5-10-19-15(4)18-9-8-17(12-20-18)21-16-7-6-13(2)14(3)11-16/h8-9,12-16,19H,5-7,10-11H2,1-4H3. The summed E-state index contributed by atoms with van der Waals surface area (Å²) in [5.41, 5.74) is 1.08. The molecule has 3 nitrogen and oxygen atoms in total. The van der Waals surface area contributed by atoms with E-state index in [1.165, 1.54) is 12.8 Å². The molecule has 0 amide bonds. The zero-order chi connectivity index (χ0) is 15.2. The second-order valence-electron chi connectivity index (χ2n) is 6.60. The van der Waals surface area contributed by atoms with E-state index in [0.717, 1.165) is 42.7 Å². The molecule has 0 spiro atoms. The maximum absolute atomic E-state index is 6.11. The van der Waals surface area contributed by atoms with E-state index in [1.54, 1.807) is 0 Å². The van der Waals surface area contributed by atoms with Crippen LogP contribution < -0.4 is 10.1 Å². The van der Waals surface area contributed by atoms with Crippen molar-refractivity contribution in [3.63, 3.8) is 0 Å². The number of aromatic nitrogens is 1. The van der Waals surface area contributed by atoms with Crippen molar-refractivity contribution in [3.8, 4) is 5.75 Å². The van der Waals surface area contributed by atoms with Crippen molar-refractivity contribution in [1.29, 1.82) is 0 Å². The number of hydrogen-bond donors (Lipinski definition) is 1. The summed E-state index contributed by atoms with van der Waals surface area (Å²) < 4.78 is 6.11. The topological polar surface area (TPSA) is 34.1 Å². The molecule has 0 aromatic carbocycles. The lowest BCUT2D eigenvalue weighted by Gasteiger charge is -2.32. The first-order chi connectivity index (χ1) is 10.1. The first kappa shape index (κ1) is 16.3. The Morgan fingerprint density at radius 1 is 1.29 bits per heavy atom. The fourth-order valence-corrected chi connectivity index (χ4v) is 2.98. The number of rotatable bonds is 6. The molecule has 0 radical (unpaired) electrons. The van der Waals surface area contributed by atoms with E-state index in [-0.39, 0.29) is 0 Å². The van der Waals surface area contributed by atoms with Crippen LogP contribution in [0.2, 0.25) is 0 Å². The fourth-order valence-electron chi connectivity index (χ4n) is 2.98. The Morgan fingerprint density at radius 3 is 2.71 bits per heavy atom. The average Bonchev–Trinajstić information content (AvgIpc) is 2.49. The third-order valence-electron chi connectivity index (χ3n) is 4.76. The summed E-state index contributed by atoms with van der Waals surface area (Å²) in [4.78, 5) is 4.54. The quantitative estimate of drug-likeness (QED) is 0.846. The van der Waals surface area contributed by atoms with Gasteiger partial charge in [-0.15, -0.1) is 0 Å². The monoisotopic (exact) mass is 290 g/mol. The molecule has 1 aromatic rings. The molecule has 1 N–H and O–H groups in total. The van der Waals surface area contributed by atoms with Crippen LogP contribution in [0.1, 0.15) is 65.1 Å². The Balaban J connectivity index is 1.87. The van der Waals surface area contributed by atoms with Gasteiger partial charge >= 0.3 is 0 Å². The van der Waals surface area contributed by atoms with E-state index in [0.29, 0.717) is 12.1 Å². The molecular formula is C18H30N2O. The highest BCUT2D eigenvalue weighted by atomic mass is 16.5.